The Balaban J connectivity index is 1.51. The van der Waals surface area contributed by atoms with Crippen LogP contribution in [0.1, 0.15) is 39.3 Å². The number of halogens is 3. The number of anilines is 2. The van der Waals surface area contributed by atoms with Gasteiger partial charge in [-0.1, -0.05) is 12.1 Å². The molecule has 2 aromatic carbocycles. The topological polar surface area (TPSA) is 62.3 Å². The molecule has 2 heterocycles. The molecule has 5 nitrogen and oxygen atoms in total. The van der Waals surface area contributed by atoms with Gasteiger partial charge in [-0.3, -0.25) is 9.59 Å². The summed E-state index contributed by atoms with van der Waals surface area (Å²) < 4.78 is 38.3. The summed E-state index contributed by atoms with van der Waals surface area (Å²) in [6, 6.07) is 10.1. The van der Waals surface area contributed by atoms with Crippen LogP contribution in [0.25, 0.3) is 10.6 Å². The Labute approximate surface area is 186 Å². The van der Waals surface area contributed by atoms with Gasteiger partial charge >= 0.3 is 6.18 Å². The van der Waals surface area contributed by atoms with Crippen molar-refractivity contribution in [1.82, 2.24) is 4.98 Å². The minimum atomic E-state index is -4.40. The summed E-state index contributed by atoms with van der Waals surface area (Å²) in [7, 11) is 0. The van der Waals surface area contributed by atoms with E-state index in [0.29, 0.717) is 39.8 Å². The highest BCUT2D eigenvalue weighted by Crippen LogP contribution is 2.33. The fourth-order valence-electron chi connectivity index (χ4n) is 3.66. The lowest BCUT2D eigenvalue weighted by Gasteiger charge is -2.19. The molecule has 0 atom stereocenters. The quantitative estimate of drug-likeness (QED) is 0.534. The summed E-state index contributed by atoms with van der Waals surface area (Å²) >= 11 is 1.12. The molecule has 9 heteroatoms. The van der Waals surface area contributed by atoms with Crippen LogP contribution in [0.5, 0.6) is 0 Å². The highest BCUT2D eigenvalue weighted by atomic mass is 32.1. The molecule has 0 bridgehead atoms. The minimum absolute atomic E-state index is 0.0981. The highest BCUT2D eigenvalue weighted by Gasteiger charge is 2.30. The molecule has 1 saturated heterocycles. The molecule has 4 rings (SSSR count). The van der Waals surface area contributed by atoms with Crippen LogP contribution in [-0.2, 0) is 11.0 Å². The third kappa shape index (κ3) is 4.38. The fourth-order valence-corrected chi connectivity index (χ4v) is 4.63. The van der Waals surface area contributed by atoms with Crippen LogP contribution in [0.4, 0.5) is 24.5 Å². The van der Waals surface area contributed by atoms with E-state index >= 15 is 0 Å². The molecule has 0 unspecified atom stereocenters. The van der Waals surface area contributed by atoms with Crippen LogP contribution >= 0.6 is 11.3 Å². The van der Waals surface area contributed by atoms with Gasteiger partial charge in [0.25, 0.3) is 5.91 Å². The molecule has 1 aliphatic rings. The van der Waals surface area contributed by atoms with E-state index in [1.807, 2.05) is 19.1 Å². The van der Waals surface area contributed by atoms with Crippen LogP contribution in [0.2, 0.25) is 0 Å². The highest BCUT2D eigenvalue weighted by molar-refractivity contribution is 7.17. The van der Waals surface area contributed by atoms with Crippen molar-refractivity contribution in [1.29, 1.82) is 0 Å². The van der Waals surface area contributed by atoms with Crippen molar-refractivity contribution in [2.24, 2.45) is 0 Å². The Kier molecular flexibility index (Phi) is 5.77. The Morgan fingerprint density at radius 3 is 2.44 bits per heavy atom. The number of alkyl halides is 3. The van der Waals surface area contributed by atoms with E-state index in [2.05, 4.69) is 10.3 Å². The van der Waals surface area contributed by atoms with Gasteiger partial charge in [-0.05, 0) is 56.2 Å². The van der Waals surface area contributed by atoms with Gasteiger partial charge in [-0.15, -0.1) is 11.3 Å². The second kappa shape index (κ2) is 8.38. The van der Waals surface area contributed by atoms with Gasteiger partial charge in [-0.2, -0.15) is 13.2 Å². The van der Waals surface area contributed by atoms with Crippen molar-refractivity contribution >= 4 is 34.5 Å². The number of hydrogen-bond acceptors (Lipinski definition) is 4. The average Bonchev–Trinajstić information content (AvgIpc) is 3.33. The SMILES string of the molecule is Cc1cc(NC(=O)c2sc(-c3ccc(C(F)(F)F)cc3)nc2C)ccc1N1CCCC1=O. The lowest BCUT2D eigenvalue weighted by molar-refractivity contribution is -0.137. The van der Waals surface area contributed by atoms with Crippen molar-refractivity contribution in [3.63, 3.8) is 0 Å². The van der Waals surface area contributed by atoms with E-state index in [0.717, 1.165) is 41.1 Å². The molecule has 0 radical (unpaired) electrons. The largest absolute Gasteiger partial charge is 0.416 e. The number of carbonyl (C=O) groups is 2. The Morgan fingerprint density at radius 2 is 1.84 bits per heavy atom. The second-order valence-electron chi connectivity index (χ2n) is 7.61. The summed E-state index contributed by atoms with van der Waals surface area (Å²) in [6.45, 7) is 4.27. The smallest absolute Gasteiger partial charge is 0.321 e. The summed E-state index contributed by atoms with van der Waals surface area (Å²) in [5.41, 5.74) is 2.58. The zero-order chi connectivity index (χ0) is 23.0. The van der Waals surface area contributed by atoms with Gasteiger partial charge in [-0.25, -0.2) is 4.98 Å². The number of carbonyl (C=O) groups excluding carboxylic acids is 2. The van der Waals surface area contributed by atoms with Crippen LogP contribution in [0.3, 0.4) is 0 Å². The first-order valence-electron chi connectivity index (χ1n) is 10.0. The molecule has 32 heavy (non-hydrogen) atoms. The van der Waals surface area contributed by atoms with Gasteiger partial charge in [0.1, 0.15) is 9.88 Å². The van der Waals surface area contributed by atoms with Crippen LogP contribution < -0.4 is 10.2 Å². The van der Waals surface area contributed by atoms with Gasteiger partial charge in [0, 0.05) is 29.9 Å². The number of rotatable bonds is 4. The number of aryl methyl sites for hydroxylation is 2. The standard InChI is InChI=1S/C23H20F3N3O2S/c1-13-12-17(9-10-18(13)29-11-3-4-19(29)30)28-21(31)20-14(2)27-22(32-20)15-5-7-16(8-6-15)23(24,25)26/h5-10,12H,3-4,11H2,1-2H3,(H,28,31). The van der Waals surface area contributed by atoms with E-state index in [-0.39, 0.29) is 11.8 Å². The molecule has 0 aliphatic carbocycles. The maximum Gasteiger partial charge on any atom is 0.416 e. The summed E-state index contributed by atoms with van der Waals surface area (Å²) in [5.74, 6) is -0.247. The fraction of sp³-hybridized carbons (Fsp3) is 0.261. The molecule has 1 N–H and O–H groups in total. The second-order valence-corrected chi connectivity index (χ2v) is 8.61. The first-order valence-corrected chi connectivity index (χ1v) is 10.8. The molecule has 0 spiro atoms. The average molecular weight is 459 g/mol. The van der Waals surface area contributed by atoms with Crippen molar-refractivity contribution in [3.05, 3.63) is 64.2 Å². The molecule has 1 aliphatic heterocycles. The van der Waals surface area contributed by atoms with Crippen LogP contribution in [0, 0.1) is 13.8 Å². The Bertz CT molecular complexity index is 1190. The third-order valence-corrected chi connectivity index (χ3v) is 6.49. The Morgan fingerprint density at radius 1 is 1.12 bits per heavy atom. The van der Waals surface area contributed by atoms with E-state index in [1.165, 1.54) is 12.1 Å². The van der Waals surface area contributed by atoms with Gasteiger partial charge < -0.3 is 10.2 Å². The monoisotopic (exact) mass is 459 g/mol. The van der Waals surface area contributed by atoms with E-state index in [1.54, 1.807) is 17.9 Å². The number of amides is 2. The van der Waals surface area contributed by atoms with Gasteiger partial charge in [0.15, 0.2) is 0 Å². The van der Waals surface area contributed by atoms with E-state index in [4.69, 9.17) is 0 Å². The number of benzene rings is 2. The minimum Gasteiger partial charge on any atom is -0.321 e. The zero-order valence-corrected chi connectivity index (χ0v) is 18.2. The predicted molar refractivity (Wildman–Crippen MR) is 118 cm³/mol. The molecule has 0 saturated carbocycles. The van der Waals surface area contributed by atoms with Crippen LogP contribution in [-0.4, -0.2) is 23.3 Å². The summed E-state index contributed by atoms with van der Waals surface area (Å²) in [6.07, 6.45) is -3.02. The normalized spacial score (nSPS) is 14.2. The van der Waals surface area contributed by atoms with Crippen LogP contribution in [0.15, 0.2) is 42.5 Å². The summed E-state index contributed by atoms with van der Waals surface area (Å²) in [4.78, 5) is 31.3. The van der Waals surface area contributed by atoms with Crippen molar-refractivity contribution < 1.29 is 22.8 Å². The molecule has 1 aromatic heterocycles. The summed E-state index contributed by atoms with van der Waals surface area (Å²) in [5, 5.41) is 3.31. The molecule has 166 valence electrons. The number of nitrogens with zero attached hydrogens (tertiary/aromatic N) is 2. The number of nitrogens with one attached hydrogen (secondary N) is 1. The molecule has 1 fully saturated rings. The molecular formula is C23H20F3N3O2S. The lowest BCUT2D eigenvalue weighted by atomic mass is 10.1. The Hall–Kier alpha value is -3.20. The maximum atomic E-state index is 12.8. The lowest BCUT2D eigenvalue weighted by Crippen LogP contribution is -2.24. The number of hydrogen-bond donors (Lipinski definition) is 1. The van der Waals surface area contributed by atoms with Crippen molar-refractivity contribution in [2.75, 3.05) is 16.8 Å². The van der Waals surface area contributed by atoms with Gasteiger partial charge in [0.2, 0.25) is 5.91 Å². The number of thiazole rings is 1. The first-order chi connectivity index (χ1) is 15.1. The maximum absolute atomic E-state index is 12.8. The van der Waals surface area contributed by atoms with Gasteiger partial charge in [0.05, 0.1) is 11.3 Å². The first kappa shape index (κ1) is 22.0. The zero-order valence-electron chi connectivity index (χ0n) is 17.4. The number of aromatic nitrogens is 1. The van der Waals surface area contributed by atoms with Crippen molar-refractivity contribution in [3.8, 4) is 10.6 Å². The predicted octanol–water partition coefficient (Wildman–Crippen LogP) is 5.82. The molecular weight excluding hydrogens is 439 g/mol. The van der Waals surface area contributed by atoms with E-state index < -0.39 is 11.7 Å². The molecule has 3 aromatic rings. The third-order valence-electron chi connectivity index (χ3n) is 5.28. The molecule has 2 amide bonds. The van der Waals surface area contributed by atoms with E-state index in [9.17, 15) is 22.8 Å². The van der Waals surface area contributed by atoms with Crippen molar-refractivity contribution in [2.45, 2.75) is 32.9 Å².